The number of phenols is 2. The predicted molar refractivity (Wildman–Crippen MR) is 202 cm³/mol. The Morgan fingerprint density at radius 2 is 0.889 bits per heavy atom. The molecule has 0 radical (unpaired) electrons. The number of phenolic OH excluding ortho intramolecular Hbond substituents is 2. The van der Waals surface area contributed by atoms with Gasteiger partial charge in [-0.3, -0.25) is 18.7 Å². The lowest BCUT2D eigenvalue weighted by molar-refractivity contribution is 0.101. The third-order valence-electron chi connectivity index (χ3n) is 8.51. The van der Waals surface area contributed by atoms with Crippen molar-refractivity contribution < 1.29 is 50.5 Å². The minimum Gasteiger partial charge on any atom is -0.506 e. The van der Waals surface area contributed by atoms with Crippen molar-refractivity contribution in [3.05, 3.63) is 119 Å². The predicted octanol–water partition coefficient (Wildman–Crippen LogP) is 6.66. The van der Waals surface area contributed by atoms with Gasteiger partial charge in [0, 0.05) is 44.0 Å². The third-order valence-corrected chi connectivity index (χ3v) is 10.3. The molecule has 0 aromatic heterocycles. The maximum absolute atomic E-state index is 13.2. The molecule has 0 saturated carbocycles. The second-order valence-corrected chi connectivity index (χ2v) is 14.9. The van der Waals surface area contributed by atoms with Crippen LogP contribution in [0.25, 0.3) is 21.5 Å². The van der Waals surface area contributed by atoms with Crippen LogP contribution >= 0.6 is 0 Å². The molecule has 0 unspecified atom stereocenters. The van der Waals surface area contributed by atoms with Gasteiger partial charge in [0.1, 0.15) is 21.3 Å². The van der Waals surface area contributed by atoms with Gasteiger partial charge >= 0.3 is 6.03 Å². The Hall–Kier alpha value is -6.53. The highest BCUT2D eigenvalue weighted by atomic mass is 32.2. The smallest absolute Gasteiger partial charge is 0.323 e. The van der Waals surface area contributed by atoms with E-state index in [2.05, 4.69) is 21.3 Å². The molecule has 6 aromatic rings. The molecule has 0 aliphatic heterocycles. The van der Waals surface area contributed by atoms with Crippen molar-refractivity contribution in [1.29, 1.82) is 0 Å². The number of carbonyl (C=O) groups excluding carboxylic acids is 3. The summed E-state index contributed by atoms with van der Waals surface area (Å²) in [6, 6.07) is 21.2. The Balaban J connectivity index is 1.14. The van der Waals surface area contributed by atoms with Gasteiger partial charge in [-0.15, -0.1) is 0 Å². The van der Waals surface area contributed by atoms with Crippen molar-refractivity contribution >= 4 is 82.4 Å². The van der Waals surface area contributed by atoms with E-state index in [4.69, 9.17) is 0 Å². The summed E-state index contributed by atoms with van der Waals surface area (Å²) in [6.45, 7) is 3.30. The molecule has 0 saturated heterocycles. The number of fused-ring (bicyclic) bond motifs is 2. The summed E-state index contributed by atoms with van der Waals surface area (Å²) >= 11 is 0. The summed E-state index contributed by atoms with van der Waals surface area (Å²) in [7, 11) is -9.18. The minimum atomic E-state index is -4.59. The van der Waals surface area contributed by atoms with Crippen molar-refractivity contribution in [2.24, 2.45) is 0 Å². The molecule has 15 nitrogen and oxygen atoms in total. The van der Waals surface area contributed by atoms with Crippen molar-refractivity contribution in [3.8, 4) is 11.5 Å². The lowest BCUT2D eigenvalue weighted by atomic mass is 10.1. The highest BCUT2D eigenvalue weighted by Gasteiger charge is 2.21. The van der Waals surface area contributed by atoms with Crippen LogP contribution in [0.1, 0.15) is 31.8 Å². The first-order valence-electron chi connectivity index (χ1n) is 15.8. The first kappa shape index (κ1) is 37.2. The van der Waals surface area contributed by atoms with E-state index in [9.17, 15) is 50.5 Å². The summed E-state index contributed by atoms with van der Waals surface area (Å²) in [5.41, 5.74) is 1.88. The fraction of sp³-hybridized carbons (Fsp3) is 0.0541. The van der Waals surface area contributed by atoms with E-state index in [1.54, 1.807) is 13.8 Å². The van der Waals surface area contributed by atoms with E-state index in [1.165, 1.54) is 97.1 Å². The average molecular weight is 771 g/mol. The van der Waals surface area contributed by atoms with Gasteiger partial charge in [0.15, 0.2) is 0 Å². The Kier molecular flexibility index (Phi) is 9.74. The summed E-state index contributed by atoms with van der Waals surface area (Å²) < 4.78 is 66.6. The molecule has 0 bridgehead atoms. The zero-order chi connectivity index (χ0) is 39.1. The van der Waals surface area contributed by atoms with E-state index in [0.717, 1.165) is 0 Å². The average Bonchev–Trinajstić information content (AvgIpc) is 3.10. The maximum atomic E-state index is 13.2. The number of anilines is 4. The summed E-state index contributed by atoms with van der Waals surface area (Å²) in [4.78, 5) is 38.6. The van der Waals surface area contributed by atoms with Crippen molar-refractivity contribution in [2.75, 3.05) is 21.3 Å². The number of aryl methyl sites for hydroxylation is 2. The number of hydrogen-bond acceptors (Lipinski definition) is 9. The number of urea groups is 1. The molecule has 0 atom stereocenters. The quantitative estimate of drug-likeness (QED) is 0.0600. The summed E-state index contributed by atoms with van der Waals surface area (Å²) in [5.74, 6) is -1.96. The molecule has 54 heavy (non-hydrogen) atoms. The summed E-state index contributed by atoms with van der Waals surface area (Å²) in [5, 5.41) is 32.0. The highest BCUT2D eigenvalue weighted by molar-refractivity contribution is 7.86. The number of hydrogen-bond donors (Lipinski definition) is 8. The first-order valence-corrected chi connectivity index (χ1v) is 18.7. The zero-order valence-electron chi connectivity index (χ0n) is 28.2. The zero-order valence-corrected chi connectivity index (χ0v) is 29.8. The van der Waals surface area contributed by atoms with Crippen LogP contribution < -0.4 is 21.3 Å². The van der Waals surface area contributed by atoms with Gasteiger partial charge in [-0.1, -0.05) is 24.3 Å². The van der Waals surface area contributed by atoms with Crippen LogP contribution in [-0.4, -0.2) is 54.0 Å². The Morgan fingerprint density at radius 3 is 1.24 bits per heavy atom. The standard InChI is InChI=1S/C37H30N4O11S2/c1-19-17-21(35(44)40-33-25-5-3-7-31(53(47,48)49)23(25)11-15-29(33)42)9-13-27(19)38-37(46)39-28-14-10-22(18-20(28)2)36(45)41-34-26-6-4-8-32(54(50,51)52)24(26)12-16-30(34)43/h3-18,42-43H,1-2H3,(H,40,44)(H,41,45)(H2,38,39,46)(H,47,48,49)(H,50,51,52). The second kappa shape index (κ2) is 14.1. The fourth-order valence-corrected chi connectivity index (χ4v) is 7.30. The molecule has 6 rings (SSSR count). The molecule has 6 aromatic carbocycles. The number of rotatable bonds is 8. The molecular formula is C37H30N4O11S2. The molecule has 0 spiro atoms. The van der Waals surface area contributed by atoms with Gasteiger partial charge in [-0.25, -0.2) is 4.79 Å². The van der Waals surface area contributed by atoms with Gasteiger partial charge in [0.05, 0.1) is 11.4 Å². The van der Waals surface area contributed by atoms with Crippen molar-refractivity contribution in [2.45, 2.75) is 23.6 Å². The number of nitrogens with one attached hydrogen (secondary N) is 4. The third kappa shape index (κ3) is 7.50. The van der Waals surface area contributed by atoms with Crippen LogP contribution in [0.5, 0.6) is 11.5 Å². The van der Waals surface area contributed by atoms with Gasteiger partial charge in [-0.05, 0) is 97.8 Å². The van der Waals surface area contributed by atoms with Crippen LogP contribution in [0.4, 0.5) is 27.5 Å². The molecule has 17 heteroatoms. The normalized spacial score (nSPS) is 11.6. The largest absolute Gasteiger partial charge is 0.506 e. The Bertz CT molecular complexity index is 2600. The van der Waals surface area contributed by atoms with Crippen molar-refractivity contribution in [3.63, 3.8) is 0 Å². The maximum Gasteiger partial charge on any atom is 0.323 e. The van der Waals surface area contributed by atoms with Gasteiger partial charge < -0.3 is 31.5 Å². The van der Waals surface area contributed by atoms with Gasteiger partial charge in [0.2, 0.25) is 0 Å². The molecule has 276 valence electrons. The Labute approximate surface area is 307 Å². The molecule has 4 amide bonds. The SMILES string of the molecule is Cc1cc(C(=O)Nc2c(O)ccc3c(S(=O)(=O)O)cccc23)ccc1NC(=O)Nc1ccc(C(=O)Nc2c(O)ccc3c(S(=O)(=O)O)cccc23)cc1C. The van der Waals surface area contributed by atoms with E-state index in [1.807, 2.05) is 0 Å². The number of carbonyl (C=O) groups is 3. The second-order valence-electron chi connectivity index (χ2n) is 12.1. The molecule has 0 aliphatic rings. The molecule has 8 N–H and O–H groups in total. The van der Waals surface area contributed by atoms with Crippen molar-refractivity contribution in [1.82, 2.24) is 0 Å². The minimum absolute atomic E-state index is 0.0675. The highest BCUT2D eigenvalue weighted by Crippen LogP contribution is 2.37. The van der Waals surface area contributed by atoms with Crippen LogP contribution in [0.2, 0.25) is 0 Å². The number of amides is 4. The lowest BCUT2D eigenvalue weighted by Crippen LogP contribution is -2.21. The molecule has 0 aliphatic carbocycles. The first-order chi connectivity index (χ1) is 25.4. The number of benzene rings is 6. The van der Waals surface area contributed by atoms with Crippen LogP contribution in [0.3, 0.4) is 0 Å². The molecule has 0 heterocycles. The van der Waals surface area contributed by atoms with E-state index >= 15 is 0 Å². The van der Waals surface area contributed by atoms with E-state index < -0.39 is 47.9 Å². The fourth-order valence-electron chi connectivity index (χ4n) is 5.89. The molecular weight excluding hydrogens is 741 g/mol. The number of aromatic hydroxyl groups is 2. The van der Waals surface area contributed by atoms with E-state index in [0.29, 0.717) is 22.5 Å². The van der Waals surface area contributed by atoms with Gasteiger partial charge in [0.25, 0.3) is 32.1 Å². The topological polar surface area (TPSA) is 249 Å². The van der Waals surface area contributed by atoms with Crippen LogP contribution in [0.15, 0.2) is 107 Å². The Morgan fingerprint density at radius 1 is 0.500 bits per heavy atom. The van der Waals surface area contributed by atoms with Crippen LogP contribution in [-0.2, 0) is 20.2 Å². The monoisotopic (exact) mass is 770 g/mol. The van der Waals surface area contributed by atoms with Crippen LogP contribution in [0, 0.1) is 13.8 Å². The molecule has 0 fully saturated rings. The lowest BCUT2D eigenvalue weighted by Gasteiger charge is -2.15. The van der Waals surface area contributed by atoms with Gasteiger partial charge in [-0.2, -0.15) is 16.8 Å². The van der Waals surface area contributed by atoms with E-state index in [-0.39, 0.29) is 55.5 Å². The summed E-state index contributed by atoms with van der Waals surface area (Å²) in [6.07, 6.45) is 0.